The average Bonchev–Trinajstić information content (AvgIpc) is 2.98. The molecule has 1 amide bonds. The Morgan fingerprint density at radius 3 is 2.23 bits per heavy atom. The van der Waals surface area contributed by atoms with Gasteiger partial charge in [0.2, 0.25) is 0 Å². The molecule has 5 rings (SSSR count). The van der Waals surface area contributed by atoms with Gasteiger partial charge in [-0.05, 0) is 61.1 Å². The first kappa shape index (κ1) is 28.5. The molecule has 0 radical (unpaired) electrons. The number of carbonyl (C=O) groups excluding carboxylic acids is 1. The van der Waals surface area contributed by atoms with Crippen molar-refractivity contribution in [3.05, 3.63) is 106 Å². The molecule has 0 aromatic heterocycles. The van der Waals surface area contributed by atoms with Crippen LogP contribution in [0.3, 0.4) is 0 Å². The largest absolute Gasteiger partial charge is 0.385 e. The van der Waals surface area contributed by atoms with Crippen LogP contribution < -0.4 is 0 Å². The van der Waals surface area contributed by atoms with Crippen molar-refractivity contribution in [3.8, 4) is 0 Å². The third kappa shape index (κ3) is 6.66. The van der Waals surface area contributed by atoms with E-state index in [1.807, 2.05) is 89.5 Å². The minimum absolute atomic E-state index is 0.0870. The zero-order valence-corrected chi connectivity index (χ0v) is 24.5. The SMILES string of the molecule is O=C(c1ccccc1)N1CCCC(CSCCN2CCC(O)(c3ccccc3)CC2)(c2ccc(Cl)c(Cl)c2)C1. The smallest absolute Gasteiger partial charge is 0.253 e. The molecule has 0 bridgehead atoms. The molecule has 39 heavy (non-hydrogen) atoms. The lowest BCUT2D eigenvalue weighted by Crippen LogP contribution is -2.50. The molecule has 1 unspecified atom stereocenters. The van der Waals surface area contributed by atoms with Gasteiger partial charge in [0, 0.05) is 55.2 Å². The molecule has 3 aromatic carbocycles. The highest BCUT2D eigenvalue weighted by Gasteiger charge is 2.39. The van der Waals surface area contributed by atoms with Crippen LogP contribution in [0, 0.1) is 0 Å². The fraction of sp³-hybridized carbons (Fsp3) is 0.406. The highest BCUT2D eigenvalue weighted by atomic mass is 35.5. The highest BCUT2D eigenvalue weighted by molar-refractivity contribution is 7.99. The number of amides is 1. The van der Waals surface area contributed by atoms with E-state index in [1.165, 1.54) is 0 Å². The van der Waals surface area contributed by atoms with Gasteiger partial charge in [0.25, 0.3) is 5.91 Å². The normalized spacial score (nSPS) is 21.6. The lowest BCUT2D eigenvalue weighted by Gasteiger charge is -2.43. The molecule has 206 valence electrons. The lowest BCUT2D eigenvalue weighted by atomic mass is 9.75. The average molecular weight is 584 g/mol. The summed E-state index contributed by atoms with van der Waals surface area (Å²) in [6.07, 6.45) is 3.46. The van der Waals surface area contributed by atoms with E-state index >= 15 is 0 Å². The number of aliphatic hydroxyl groups is 1. The predicted octanol–water partition coefficient (Wildman–Crippen LogP) is 6.88. The molecule has 2 saturated heterocycles. The summed E-state index contributed by atoms with van der Waals surface area (Å²) in [7, 11) is 0. The van der Waals surface area contributed by atoms with E-state index in [0.717, 1.165) is 80.1 Å². The van der Waals surface area contributed by atoms with Crippen LogP contribution >= 0.6 is 35.0 Å². The van der Waals surface area contributed by atoms with E-state index in [-0.39, 0.29) is 11.3 Å². The molecule has 4 nitrogen and oxygen atoms in total. The molecule has 1 N–H and O–H groups in total. The van der Waals surface area contributed by atoms with Gasteiger partial charge < -0.3 is 14.9 Å². The van der Waals surface area contributed by atoms with Crippen molar-refractivity contribution in [2.75, 3.05) is 44.2 Å². The molecule has 0 spiro atoms. The van der Waals surface area contributed by atoms with Crippen LogP contribution in [-0.2, 0) is 11.0 Å². The second-order valence-corrected chi connectivity index (χ2v) is 12.8. The van der Waals surface area contributed by atoms with E-state index in [9.17, 15) is 9.90 Å². The summed E-state index contributed by atoms with van der Waals surface area (Å²) in [5, 5.41) is 12.3. The summed E-state index contributed by atoms with van der Waals surface area (Å²) in [6, 6.07) is 25.6. The summed E-state index contributed by atoms with van der Waals surface area (Å²) in [6.45, 7) is 4.20. The zero-order chi connectivity index (χ0) is 27.3. The van der Waals surface area contributed by atoms with E-state index < -0.39 is 5.60 Å². The molecule has 2 aliphatic heterocycles. The van der Waals surface area contributed by atoms with Crippen molar-refractivity contribution < 1.29 is 9.90 Å². The minimum Gasteiger partial charge on any atom is -0.385 e. The molecule has 2 aliphatic rings. The van der Waals surface area contributed by atoms with Gasteiger partial charge in [-0.15, -0.1) is 0 Å². The van der Waals surface area contributed by atoms with Crippen molar-refractivity contribution in [1.29, 1.82) is 0 Å². The van der Waals surface area contributed by atoms with Gasteiger partial charge in [-0.3, -0.25) is 4.79 Å². The maximum absolute atomic E-state index is 13.4. The Bertz CT molecular complexity index is 1250. The van der Waals surface area contributed by atoms with E-state index in [4.69, 9.17) is 23.2 Å². The van der Waals surface area contributed by atoms with Crippen molar-refractivity contribution in [3.63, 3.8) is 0 Å². The van der Waals surface area contributed by atoms with Gasteiger partial charge in [0.1, 0.15) is 0 Å². The van der Waals surface area contributed by atoms with Crippen LogP contribution in [-0.4, -0.2) is 65.0 Å². The maximum atomic E-state index is 13.4. The van der Waals surface area contributed by atoms with Crippen LogP contribution in [0.25, 0.3) is 0 Å². The molecule has 7 heteroatoms. The van der Waals surface area contributed by atoms with E-state index in [2.05, 4.69) is 11.0 Å². The Morgan fingerprint density at radius 1 is 0.846 bits per heavy atom. The van der Waals surface area contributed by atoms with Crippen molar-refractivity contribution in [2.24, 2.45) is 0 Å². The van der Waals surface area contributed by atoms with Crippen molar-refractivity contribution >= 4 is 40.9 Å². The van der Waals surface area contributed by atoms with Crippen LogP contribution in [0.15, 0.2) is 78.9 Å². The molecule has 2 heterocycles. The van der Waals surface area contributed by atoms with E-state index in [1.54, 1.807) is 0 Å². The van der Waals surface area contributed by atoms with Crippen molar-refractivity contribution in [1.82, 2.24) is 9.80 Å². The predicted molar refractivity (Wildman–Crippen MR) is 163 cm³/mol. The number of benzene rings is 3. The Morgan fingerprint density at radius 2 is 1.54 bits per heavy atom. The first-order valence-corrected chi connectivity index (χ1v) is 15.7. The molecular formula is C32H36Cl2N2O2S. The van der Waals surface area contributed by atoms with Crippen molar-refractivity contribution in [2.45, 2.75) is 36.7 Å². The first-order valence-electron chi connectivity index (χ1n) is 13.8. The Balaban J connectivity index is 1.23. The Labute approximate surface area is 246 Å². The first-order chi connectivity index (χ1) is 18.9. The number of nitrogens with zero attached hydrogens (tertiary/aromatic N) is 2. The van der Waals surface area contributed by atoms with Gasteiger partial charge in [-0.2, -0.15) is 11.8 Å². The molecular weight excluding hydrogens is 547 g/mol. The monoisotopic (exact) mass is 582 g/mol. The zero-order valence-electron chi connectivity index (χ0n) is 22.2. The fourth-order valence-corrected chi connectivity index (χ4v) is 7.60. The summed E-state index contributed by atoms with van der Waals surface area (Å²) in [4.78, 5) is 17.8. The third-order valence-corrected chi connectivity index (χ3v) is 10.3. The van der Waals surface area contributed by atoms with Crippen LogP contribution in [0.4, 0.5) is 0 Å². The van der Waals surface area contributed by atoms with Crippen LogP contribution in [0.1, 0.15) is 47.2 Å². The fourth-order valence-electron chi connectivity index (χ4n) is 5.98. The Hall–Kier alpha value is -2.02. The molecule has 2 fully saturated rings. The highest BCUT2D eigenvalue weighted by Crippen LogP contribution is 2.40. The standard InChI is InChI=1S/C32H36Cl2N2O2S/c33-28-13-12-27(22-29(28)34)31(14-7-17-36(23-31)30(37)25-8-3-1-4-9-25)24-39-21-20-35-18-15-32(38,16-19-35)26-10-5-2-6-11-26/h1-6,8-13,22,38H,7,14-21,23-24H2. The summed E-state index contributed by atoms with van der Waals surface area (Å²) in [5.41, 5.74) is 2.00. The number of hydrogen-bond acceptors (Lipinski definition) is 4. The second kappa shape index (κ2) is 12.7. The van der Waals surface area contributed by atoms with E-state index in [0.29, 0.717) is 16.6 Å². The van der Waals surface area contributed by atoms with Crippen LogP contribution in [0.5, 0.6) is 0 Å². The minimum atomic E-state index is -0.723. The summed E-state index contributed by atoms with van der Waals surface area (Å²) in [5.74, 6) is 1.99. The summed E-state index contributed by atoms with van der Waals surface area (Å²) < 4.78 is 0. The topological polar surface area (TPSA) is 43.8 Å². The molecule has 3 aromatic rings. The number of halogens is 2. The number of hydrogen-bond donors (Lipinski definition) is 1. The quantitative estimate of drug-likeness (QED) is 0.294. The molecule has 1 atom stereocenters. The van der Waals surface area contributed by atoms with Gasteiger partial charge in [-0.1, -0.05) is 77.8 Å². The second-order valence-electron chi connectivity index (χ2n) is 10.9. The number of carbonyl (C=O) groups is 1. The number of piperidine rings is 2. The molecule has 0 aliphatic carbocycles. The maximum Gasteiger partial charge on any atom is 0.253 e. The number of thioether (sulfide) groups is 1. The van der Waals surface area contributed by atoms with Gasteiger partial charge in [0.15, 0.2) is 0 Å². The number of likely N-dealkylation sites (tertiary alicyclic amines) is 2. The van der Waals surface area contributed by atoms with Gasteiger partial charge in [-0.25, -0.2) is 0 Å². The van der Waals surface area contributed by atoms with Gasteiger partial charge >= 0.3 is 0 Å². The lowest BCUT2D eigenvalue weighted by molar-refractivity contribution is -0.0244. The Kier molecular flexibility index (Phi) is 9.25. The molecule has 0 saturated carbocycles. The number of rotatable bonds is 8. The third-order valence-electron chi connectivity index (χ3n) is 8.34. The van der Waals surface area contributed by atoms with Gasteiger partial charge in [0.05, 0.1) is 15.6 Å². The summed E-state index contributed by atoms with van der Waals surface area (Å²) >= 11 is 14.7. The van der Waals surface area contributed by atoms with Crippen LogP contribution in [0.2, 0.25) is 10.0 Å².